The van der Waals surface area contributed by atoms with Crippen LogP contribution in [0.1, 0.15) is 41.7 Å². The van der Waals surface area contributed by atoms with E-state index >= 15 is 0 Å². The number of hydrogen-bond acceptors (Lipinski definition) is 5. The monoisotopic (exact) mass is 286 g/mol. The van der Waals surface area contributed by atoms with Gasteiger partial charge in [0, 0.05) is 24.3 Å². The normalized spacial score (nSPS) is 10.6. The molecule has 5 heteroatoms. The van der Waals surface area contributed by atoms with Gasteiger partial charge in [-0.15, -0.1) is 11.3 Å². The Bertz CT molecular complexity index is 625. The first-order chi connectivity index (χ1) is 9.60. The van der Waals surface area contributed by atoms with Gasteiger partial charge in [-0.3, -0.25) is 0 Å². The summed E-state index contributed by atoms with van der Waals surface area (Å²) in [6, 6.07) is 5.91. The van der Waals surface area contributed by atoms with Crippen molar-refractivity contribution in [2.75, 3.05) is 11.9 Å². The van der Waals surface area contributed by atoms with Gasteiger partial charge >= 0.3 is 0 Å². The lowest BCUT2D eigenvalue weighted by Gasteiger charge is -2.05. The SMILES string of the molecule is Cc1ccc(NCCc2csc(C(C)C)n2)nc1C#N. The van der Waals surface area contributed by atoms with Gasteiger partial charge in [-0.05, 0) is 18.6 Å². The van der Waals surface area contributed by atoms with Gasteiger partial charge in [-0.2, -0.15) is 5.26 Å². The molecule has 0 saturated heterocycles. The van der Waals surface area contributed by atoms with Gasteiger partial charge in [-0.25, -0.2) is 9.97 Å². The van der Waals surface area contributed by atoms with Gasteiger partial charge in [0.15, 0.2) is 0 Å². The molecule has 2 aromatic heterocycles. The number of hydrogen-bond donors (Lipinski definition) is 1. The van der Waals surface area contributed by atoms with Crippen molar-refractivity contribution in [3.63, 3.8) is 0 Å². The van der Waals surface area contributed by atoms with E-state index in [-0.39, 0.29) is 0 Å². The first kappa shape index (κ1) is 14.5. The van der Waals surface area contributed by atoms with E-state index < -0.39 is 0 Å². The van der Waals surface area contributed by atoms with E-state index in [0.29, 0.717) is 11.6 Å². The molecule has 2 heterocycles. The van der Waals surface area contributed by atoms with Crippen LogP contribution < -0.4 is 5.32 Å². The maximum Gasteiger partial charge on any atom is 0.145 e. The van der Waals surface area contributed by atoms with Crippen LogP contribution >= 0.6 is 11.3 Å². The highest BCUT2D eigenvalue weighted by atomic mass is 32.1. The third-order valence-corrected chi connectivity index (χ3v) is 4.15. The van der Waals surface area contributed by atoms with Crippen LogP contribution in [0, 0.1) is 18.3 Å². The summed E-state index contributed by atoms with van der Waals surface area (Å²) in [5.74, 6) is 1.23. The van der Waals surface area contributed by atoms with E-state index in [0.717, 1.165) is 30.0 Å². The minimum Gasteiger partial charge on any atom is -0.370 e. The standard InChI is InChI=1S/C15H18N4S/c1-10(2)15-18-12(9-20-15)6-7-17-14-5-4-11(3)13(8-16)19-14/h4-5,9-10H,6-7H2,1-3H3,(H,17,19). The highest BCUT2D eigenvalue weighted by molar-refractivity contribution is 7.09. The van der Waals surface area contributed by atoms with Crippen molar-refractivity contribution in [3.05, 3.63) is 39.5 Å². The molecule has 4 nitrogen and oxygen atoms in total. The van der Waals surface area contributed by atoms with Crippen molar-refractivity contribution in [1.29, 1.82) is 5.26 Å². The molecule has 2 rings (SSSR count). The molecule has 0 amide bonds. The largest absolute Gasteiger partial charge is 0.370 e. The Morgan fingerprint density at radius 2 is 2.15 bits per heavy atom. The fraction of sp³-hybridized carbons (Fsp3) is 0.400. The minimum atomic E-state index is 0.478. The first-order valence-electron chi connectivity index (χ1n) is 6.66. The molecule has 0 aromatic carbocycles. The first-order valence-corrected chi connectivity index (χ1v) is 7.54. The lowest BCUT2D eigenvalue weighted by molar-refractivity contribution is 0.835. The Hall–Kier alpha value is -1.93. The van der Waals surface area contributed by atoms with E-state index in [1.165, 1.54) is 5.01 Å². The number of thiazole rings is 1. The fourth-order valence-electron chi connectivity index (χ4n) is 1.76. The number of rotatable bonds is 5. The zero-order valence-electron chi connectivity index (χ0n) is 12.0. The quantitative estimate of drug-likeness (QED) is 0.914. The predicted molar refractivity (Wildman–Crippen MR) is 82.1 cm³/mol. The van der Waals surface area contributed by atoms with Crippen LogP contribution in [-0.4, -0.2) is 16.5 Å². The molecule has 0 fully saturated rings. The summed E-state index contributed by atoms with van der Waals surface area (Å²) >= 11 is 1.71. The second-order valence-electron chi connectivity index (χ2n) is 4.98. The predicted octanol–water partition coefficient (Wildman–Crippen LogP) is 3.50. The second kappa shape index (κ2) is 6.49. The number of nitrogens with one attached hydrogen (secondary N) is 1. The molecule has 0 radical (unpaired) electrons. The van der Waals surface area contributed by atoms with Crippen LogP contribution in [0.15, 0.2) is 17.5 Å². The molecule has 0 spiro atoms. The number of pyridine rings is 1. The Kier molecular flexibility index (Phi) is 4.70. The second-order valence-corrected chi connectivity index (χ2v) is 5.87. The third-order valence-electron chi connectivity index (χ3n) is 2.95. The van der Waals surface area contributed by atoms with Gasteiger partial charge in [0.25, 0.3) is 0 Å². The van der Waals surface area contributed by atoms with Crippen LogP contribution in [0.5, 0.6) is 0 Å². The van der Waals surface area contributed by atoms with Crippen molar-refractivity contribution in [1.82, 2.24) is 9.97 Å². The number of nitrogens with zero attached hydrogens (tertiary/aromatic N) is 3. The Morgan fingerprint density at radius 3 is 2.80 bits per heavy atom. The molecule has 104 valence electrons. The summed E-state index contributed by atoms with van der Waals surface area (Å²) in [5, 5.41) is 15.5. The molecular weight excluding hydrogens is 268 g/mol. The van der Waals surface area contributed by atoms with Crippen LogP contribution in [0.25, 0.3) is 0 Å². The maximum atomic E-state index is 8.95. The molecule has 0 bridgehead atoms. The molecular formula is C15H18N4S. The van der Waals surface area contributed by atoms with Gasteiger partial charge in [0.05, 0.1) is 10.7 Å². The average molecular weight is 286 g/mol. The van der Waals surface area contributed by atoms with Crippen molar-refractivity contribution in [3.8, 4) is 6.07 Å². The van der Waals surface area contributed by atoms with E-state index in [1.807, 2.05) is 19.1 Å². The van der Waals surface area contributed by atoms with Gasteiger partial charge in [-0.1, -0.05) is 19.9 Å². The summed E-state index contributed by atoms with van der Waals surface area (Å²) in [5.41, 5.74) is 2.49. The lowest BCUT2D eigenvalue weighted by atomic mass is 10.2. The van der Waals surface area contributed by atoms with Crippen molar-refractivity contribution < 1.29 is 0 Å². The third kappa shape index (κ3) is 3.55. The zero-order chi connectivity index (χ0) is 14.5. The molecule has 0 atom stereocenters. The van der Waals surface area contributed by atoms with Crippen LogP contribution in [0.3, 0.4) is 0 Å². The number of nitriles is 1. The molecule has 0 aliphatic rings. The fourth-order valence-corrected chi connectivity index (χ4v) is 2.63. The zero-order valence-corrected chi connectivity index (χ0v) is 12.8. The van der Waals surface area contributed by atoms with E-state index in [1.54, 1.807) is 11.3 Å². The van der Waals surface area contributed by atoms with Crippen LogP contribution in [-0.2, 0) is 6.42 Å². The summed E-state index contributed by atoms with van der Waals surface area (Å²) in [6.07, 6.45) is 0.862. The molecule has 0 unspecified atom stereocenters. The average Bonchev–Trinajstić information content (AvgIpc) is 2.89. The number of anilines is 1. The Labute approximate surface area is 123 Å². The molecule has 2 aromatic rings. The topological polar surface area (TPSA) is 61.6 Å². The van der Waals surface area contributed by atoms with Crippen molar-refractivity contribution >= 4 is 17.2 Å². The van der Waals surface area contributed by atoms with Gasteiger partial charge < -0.3 is 5.32 Å². The molecule has 20 heavy (non-hydrogen) atoms. The molecule has 0 aliphatic carbocycles. The van der Waals surface area contributed by atoms with E-state index in [2.05, 4.69) is 40.6 Å². The molecule has 0 aliphatic heterocycles. The van der Waals surface area contributed by atoms with Crippen molar-refractivity contribution in [2.24, 2.45) is 0 Å². The van der Waals surface area contributed by atoms with Gasteiger partial charge in [0.2, 0.25) is 0 Å². The highest BCUT2D eigenvalue weighted by Crippen LogP contribution is 2.19. The summed E-state index contributed by atoms with van der Waals surface area (Å²) in [6.45, 7) is 6.96. The summed E-state index contributed by atoms with van der Waals surface area (Å²) in [4.78, 5) is 8.86. The lowest BCUT2D eigenvalue weighted by Crippen LogP contribution is -2.07. The van der Waals surface area contributed by atoms with Gasteiger partial charge in [0.1, 0.15) is 17.6 Å². The van der Waals surface area contributed by atoms with Crippen molar-refractivity contribution in [2.45, 2.75) is 33.1 Å². The maximum absolute atomic E-state index is 8.95. The van der Waals surface area contributed by atoms with E-state index in [9.17, 15) is 0 Å². The highest BCUT2D eigenvalue weighted by Gasteiger charge is 2.06. The smallest absolute Gasteiger partial charge is 0.145 e. The van der Waals surface area contributed by atoms with E-state index in [4.69, 9.17) is 5.26 Å². The summed E-state index contributed by atoms with van der Waals surface area (Å²) < 4.78 is 0. The number of aromatic nitrogens is 2. The Balaban J connectivity index is 1.91. The molecule has 0 saturated carbocycles. The van der Waals surface area contributed by atoms with Crippen LogP contribution in [0.2, 0.25) is 0 Å². The Morgan fingerprint density at radius 1 is 1.35 bits per heavy atom. The molecule has 1 N–H and O–H groups in total. The number of aryl methyl sites for hydroxylation is 1. The minimum absolute atomic E-state index is 0.478. The van der Waals surface area contributed by atoms with Crippen LogP contribution in [0.4, 0.5) is 5.82 Å². The summed E-state index contributed by atoms with van der Waals surface area (Å²) in [7, 11) is 0.